The van der Waals surface area contributed by atoms with Gasteiger partial charge in [-0.05, 0) is 48.2 Å². The summed E-state index contributed by atoms with van der Waals surface area (Å²) in [5.41, 5.74) is 5.18. The van der Waals surface area contributed by atoms with E-state index in [1.165, 1.54) is 22.2 Å². The van der Waals surface area contributed by atoms with Gasteiger partial charge >= 0.3 is 0 Å². The quantitative estimate of drug-likeness (QED) is 0.773. The molecule has 1 fully saturated rings. The first-order chi connectivity index (χ1) is 12.9. The summed E-state index contributed by atoms with van der Waals surface area (Å²) in [5, 5.41) is 4.86. The van der Waals surface area contributed by atoms with Gasteiger partial charge in [0.05, 0.1) is 24.8 Å². The SMILES string of the molecule is c1ccc2c(c1)CCC2Nc1ccc2c(N3CCOCC3)cccc2n1. The van der Waals surface area contributed by atoms with E-state index in [-0.39, 0.29) is 0 Å². The van der Waals surface area contributed by atoms with Crippen molar-refractivity contribution in [1.29, 1.82) is 0 Å². The van der Waals surface area contributed by atoms with Gasteiger partial charge < -0.3 is 15.0 Å². The summed E-state index contributed by atoms with van der Waals surface area (Å²) < 4.78 is 5.49. The van der Waals surface area contributed by atoms with Crippen LogP contribution in [0.15, 0.2) is 54.6 Å². The normalized spacial score (nSPS) is 19.5. The fourth-order valence-corrected chi connectivity index (χ4v) is 4.18. The van der Waals surface area contributed by atoms with Crippen LogP contribution in [-0.4, -0.2) is 31.3 Å². The maximum atomic E-state index is 5.49. The Kier molecular flexibility index (Phi) is 3.98. The summed E-state index contributed by atoms with van der Waals surface area (Å²) in [6.45, 7) is 3.48. The average Bonchev–Trinajstić information content (AvgIpc) is 3.11. The van der Waals surface area contributed by atoms with Gasteiger partial charge in [-0.15, -0.1) is 0 Å². The van der Waals surface area contributed by atoms with E-state index in [0.29, 0.717) is 6.04 Å². The third-order valence-corrected chi connectivity index (χ3v) is 5.52. The number of hydrogen-bond donors (Lipinski definition) is 1. The van der Waals surface area contributed by atoms with Crippen LogP contribution in [0, 0.1) is 0 Å². The zero-order chi connectivity index (χ0) is 17.3. The van der Waals surface area contributed by atoms with Gasteiger partial charge in [0.2, 0.25) is 0 Å². The van der Waals surface area contributed by atoms with Crippen molar-refractivity contribution in [2.45, 2.75) is 18.9 Å². The van der Waals surface area contributed by atoms with Gasteiger partial charge in [0.15, 0.2) is 0 Å². The topological polar surface area (TPSA) is 37.4 Å². The van der Waals surface area contributed by atoms with Crippen LogP contribution in [0.5, 0.6) is 0 Å². The highest BCUT2D eigenvalue weighted by Gasteiger charge is 2.22. The molecule has 2 heterocycles. The van der Waals surface area contributed by atoms with Crippen LogP contribution in [0.4, 0.5) is 11.5 Å². The maximum Gasteiger partial charge on any atom is 0.127 e. The fourth-order valence-electron chi connectivity index (χ4n) is 4.18. The summed E-state index contributed by atoms with van der Waals surface area (Å²) in [4.78, 5) is 7.29. The first-order valence-corrected chi connectivity index (χ1v) is 9.45. The van der Waals surface area contributed by atoms with E-state index < -0.39 is 0 Å². The molecule has 1 aliphatic carbocycles. The number of fused-ring (bicyclic) bond motifs is 2. The van der Waals surface area contributed by atoms with E-state index in [9.17, 15) is 0 Å². The zero-order valence-corrected chi connectivity index (χ0v) is 14.8. The number of pyridine rings is 1. The smallest absolute Gasteiger partial charge is 0.127 e. The monoisotopic (exact) mass is 345 g/mol. The number of nitrogens with zero attached hydrogens (tertiary/aromatic N) is 2. The molecule has 0 amide bonds. The molecule has 4 heteroatoms. The van der Waals surface area contributed by atoms with Gasteiger partial charge in [0.25, 0.3) is 0 Å². The van der Waals surface area contributed by atoms with Crippen LogP contribution in [0.2, 0.25) is 0 Å². The minimum atomic E-state index is 0.360. The van der Waals surface area contributed by atoms with Gasteiger partial charge in [-0.3, -0.25) is 0 Å². The molecule has 2 aromatic carbocycles. The molecule has 1 aliphatic heterocycles. The van der Waals surface area contributed by atoms with E-state index in [4.69, 9.17) is 9.72 Å². The molecule has 1 aromatic heterocycles. The molecule has 0 radical (unpaired) electrons. The third-order valence-electron chi connectivity index (χ3n) is 5.52. The van der Waals surface area contributed by atoms with E-state index in [0.717, 1.165) is 50.5 Å². The van der Waals surface area contributed by atoms with Crippen molar-refractivity contribution in [3.8, 4) is 0 Å². The van der Waals surface area contributed by atoms with Crippen molar-refractivity contribution >= 4 is 22.4 Å². The Morgan fingerprint density at radius 2 is 1.85 bits per heavy atom. The standard InChI is InChI=1S/C22H23N3O/c1-2-5-17-16(4-1)8-10-20(17)24-22-11-9-18-19(23-22)6-3-7-21(18)25-12-14-26-15-13-25/h1-7,9,11,20H,8,10,12-15H2,(H,23,24). The third kappa shape index (κ3) is 2.80. The molecule has 1 atom stereocenters. The number of morpholine rings is 1. The molecule has 3 aromatic rings. The fraction of sp³-hybridized carbons (Fsp3) is 0.318. The largest absolute Gasteiger partial charge is 0.378 e. The molecule has 4 nitrogen and oxygen atoms in total. The molecule has 132 valence electrons. The predicted molar refractivity (Wildman–Crippen MR) is 106 cm³/mol. The number of aromatic nitrogens is 1. The maximum absolute atomic E-state index is 5.49. The summed E-state index contributed by atoms with van der Waals surface area (Å²) in [5.74, 6) is 0.957. The summed E-state index contributed by atoms with van der Waals surface area (Å²) in [6, 6.07) is 19.8. The first-order valence-electron chi connectivity index (χ1n) is 9.45. The minimum absolute atomic E-state index is 0.360. The molecular formula is C22H23N3O. The molecule has 5 rings (SSSR count). The number of benzene rings is 2. The molecule has 1 unspecified atom stereocenters. The summed E-state index contributed by atoms with van der Waals surface area (Å²) in [7, 11) is 0. The summed E-state index contributed by atoms with van der Waals surface area (Å²) in [6.07, 6.45) is 2.27. The molecule has 1 N–H and O–H groups in total. The Morgan fingerprint density at radius 3 is 2.77 bits per heavy atom. The lowest BCUT2D eigenvalue weighted by Crippen LogP contribution is -2.36. The first kappa shape index (κ1) is 15.6. The molecule has 0 bridgehead atoms. The molecule has 2 aliphatic rings. The zero-order valence-electron chi connectivity index (χ0n) is 14.8. The molecule has 0 saturated carbocycles. The Balaban J connectivity index is 1.44. The van der Waals surface area contributed by atoms with Crippen molar-refractivity contribution in [1.82, 2.24) is 4.98 Å². The lowest BCUT2D eigenvalue weighted by Gasteiger charge is -2.29. The van der Waals surface area contributed by atoms with Crippen LogP contribution in [-0.2, 0) is 11.2 Å². The average molecular weight is 345 g/mol. The van der Waals surface area contributed by atoms with Crippen LogP contribution >= 0.6 is 0 Å². The van der Waals surface area contributed by atoms with Crippen molar-refractivity contribution in [2.75, 3.05) is 36.5 Å². The van der Waals surface area contributed by atoms with Gasteiger partial charge in [-0.1, -0.05) is 30.3 Å². The minimum Gasteiger partial charge on any atom is -0.378 e. The predicted octanol–water partition coefficient (Wildman–Crippen LogP) is 4.17. The molecule has 0 spiro atoms. The Morgan fingerprint density at radius 1 is 0.962 bits per heavy atom. The molecule has 1 saturated heterocycles. The van der Waals surface area contributed by atoms with Gasteiger partial charge in [-0.25, -0.2) is 4.98 Å². The van der Waals surface area contributed by atoms with Crippen LogP contribution in [0.3, 0.4) is 0 Å². The van der Waals surface area contributed by atoms with E-state index in [2.05, 4.69) is 64.8 Å². The van der Waals surface area contributed by atoms with Gasteiger partial charge in [0.1, 0.15) is 5.82 Å². The highest BCUT2D eigenvalue weighted by atomic mass is 16.5. The highest BCUT2D eigenvalue weighted by Crippen LogP contribution is 2.34. The van der Waals surface area contributed by atoms with E-state index >= 15 is 0 Å². The Bertz CT molecular complexity index is 934. The molecule has 26 heavy (non-hydrogen) atoms. The number of anilines is 2. The van der Waals surface area contributed by atoms with Crippen molar-refractivity contribution < 1.29 is 4.74 Å². The van der Waals surface area contributed by atoms with Crippen LogP contribution in [0.25, 0.3) is 10.9 Å². The van der Waals surface area contributed by atoms with E-state index in [1.807, 2.05) is 0 Å². The second-order valence-electron chi connectivity index (χ2n) is 7.07. The van der Waals surface area contributed by atoms with Crippen LogP contribution in [0.1, 0.15) is 23.6 Å². The lowest BCUT2D eigenvalue weighted by molar-refractivity contribution is 0.123. The van der Waals surface area contributed by atoms with E-state index in [1.54, 1.807) is 0 Å². The Hall–Kier alpha value is -2.59. The van der Waals surface area contributed by atoms with Crippen molar-refractivity contribution in [2.24, 2.45) is 0 Å². The number of nitrogens with one attached hydrogen (secondary N) is 1. The number of ether oxygens (including phenoxy) is 1. The molecular weight excluding hydrogens is 322 g/mol. The number of aryl methyl sites for hydroxylation is 1. The van der Waals surface area contributed by atoms with Crippen LogP contribution < -0.4 is 10.2 Å². The number of hydrogen-bond acceptors (Lipinski definition) is 4. The second kappa shape index (κ2) is 6.61. The highest BCUT2D eigenvalue weighted by molar-refractivity contribution is 5.92. The second-order valence-corrected chi connectivity index (χ2v) is 7.07. The van der Waals surface area contributed by atoms with Gasteiger partial charge in [0, 0.05) is 24.2 Å². The van der Waals surface area contributed by atoms with Crippen molar-refractivity contribution in [3.63, 3.8) is 0 Å². The number of rotatable bonds is 3. The Labute approximate surface area is 153 Å². The van der Waals surface area contributed by atoms with Gasteiger partial charge in [-0.2, -0.15) is 0 Å². The lowest BCUT2D eigenvalue weighted by atomic mass is 10.1. The van der Waals surface area contributed by atoms with Crippen molar-refractivity contribution in [3.05, 3.63) is 65.7 Å². The summed E-state index contributed by atoms with van der Waals surface area (Å²) >= 11 is 0.